The van der Waals surface area contributed by atoms with Gasteiger partial charge in [-0.15, -0.1) is 0 Å². The number of carbonyl (C=O) groups is 1. The van der Waals surface area contributed by atoms with E-state index in [9.17, 15) is 4.79 Å². The molecule has 1 aromatic rings. The Balaban J connectivity index is 1.42. The lowest BCUT2D eigenvalue weighted by molar-refractivity contribution is -0.117. The van der Waals surface area contributed by atoms with Crippen molar-refractivity contribution in [2.24, 2.45) is 17.8 Å². The zero-order chi connectivity index (χ0) is 17.4. The van der Waals surface area contributed by atoms with Gasteiger partial charge in [0.05, 0.1) is 24.6 Å². The number of morpholine rings is 1. The predicted octanol–water partition coefficient (Wildman–Crippen LogP) is 3.30. The molecular weight excluding hydrogens is 314 g/mol. The Morgan fingerprint density at radius 3 is 2.72 bits per heavy atom. The molecule has 3 unspecified atom stereocenters. The average Bonchev–Trinajstić information content (AvgIpc) is 3.21. The number of anilines is 2. The van der Waals surface area contributed by atoms with Crippen LogP contribution in [0.3, 0.4) is 0 Å². The Morgan fingerprint density at radius 1 is 1.28 bits per heavy atom. The number of rotatable bonds is 4. The normalized spacial score (nSPS) is 28.4. The van der Waals surface area contributed by atoms with Crippen molar-refractivity contribution in [2.75, 3.05) is 36.5 Å². The third-order valence-corrected chi connectivity index (χ3v) is 6.32. The molecule has 136 valence electrons. The smallest absolute Gasteiger partial charge is 0.224 e. The van der Waals surface area contributed by atoms with Crippen molar-refractivity contribution in [3.05, 3.63) is 17.3 Å². The first-order chi connectivity index (χ1) is 12.1. The van der Waals surface area contributed by atoms with E-state index in [1.807, 2.05) is 6.92 Å². The maximum Gasteiger partial charge on any atom is 0.224 e. The van der Waals surface area contributed by atoms with Crippen LogP contribution < -0.4 is 10.2 Å². The number of aromatic nitrogens is 1. The second-order valence-corrected chi connectivity index (χ2v) is 8.04. The highest BCUT2D eigenvalue weighted by Crippen LogP contribution is 2.49. The molecule has 3 atom stereocenters. The number of nitrogens with zero attached hydrogens (tertiary/aromatic N) is 2. The summed E-state index contributed by atoms with van der Waals surface area (Å²) in [7, 11) is 0. The van der Waals surface area contributed by atoms with E-state index >= 15 is 0 Å². The fourth-order valence-electron chi connectivity index (χ4n) is 5.01. The lowest BCUT2D eigenvalue weighted by Crippen LogP contribution is -2.37. The number of amides is 1. The van der Waals surface area contributed by atoms with Gasteiger partial charge in [-0.3, -0.25) is 4.79 Å². The molecule has 0 radical (unpaired) electrons. The number of ether oxygens (including phenoxy) is 1. The molecule has 5 heteroatoms. The van der Waals surface area contributed by atoms with Crippen LogP contribution in [0.5, 0.6) is 0 Å². The van der Waals surface area contributed by atoms with Gasteiger partial charge < -0.3 is 15.0 Å². The maximum absolute atomic E-state index is 12.6. The van der Waals surface area contributed by atoms with E-state index in [1.165, 1.54) is 25.7 Å². The molecule has 1 N–H and O–H groups in total. The fraction of sp³-hybridized carbons (Fsp3) is 0.700. The van der Waals surface area contributed by atoms with Crippen LogP contribution in [0.4, 0.5) is 11.5 Å². The SMILES string of the molecule is Cc1cc(N2CCOCC2)nc(C)c1NC(=O)CC1CC2CCC1C2. The van der Waals surface area contributed by atoms with E-state index in [1.54, 1.807) is 0 Å². The van der Waals surface area contributed by atoms with Crippen LogP contribution in [0.25, 0.3) is 0 Å². The monoisotopic (exact) mass is 343 g/mol. The molecule has 3 aliphatic rings. The van der Waals surface area contributed by atoms with Crippen LogP contribution >= 0.6 is 0 Å². The zero-order valence-corrected chi connectivity index (χ0v) is 15.4. The van der Waals surface area contributed by atoms with Crippen LogP contribution in [0.15, 0.2) is 6.07 Å². The number of hydrogen-bond donors (Lipinski definition) is 1. The minimum Gasteiger partial charge on any atom is -0.378 e. The topological polar surface area (TPSA) is 54.5 Å². The summed E-state index contributed by atoms with van der Waals surface area (Å²) >= 11 is 0. The lowest BCUT2D eigenvalue weighted by atomic mass is 9.86. The van der Waals surface area contributed by atoms with Gasteiger partial charge in [0.2, 0.25) is 5.91 Å². The molecule has 2 bridgehead atoms. The van der Waals surface area contributed by atoms with Crippen molar-refractivity contribution >= 4 is 17.4 Å². The van der Waals surface area contributed by atoms with E-state index in [-0.39, 0.29) is 5.91 Å². The number of aryl methyl sites for hydroxylation is 2. The van der Waals surface area contributed by atoms with Crippen molar-refractivity contribution in [1.29, 1.82) is 0 Å². The lowest BCUT2D eigenvalue weighted by Gasteiger charge is -2.29. The summed E-state index contributed by atoms with van der Waals surface area (Å²) < 4.78 is 5.42. The van der Waals surface area contributed by atoms with E-state index in [4.69, 9.17) is 9.72 Å². The number of hydrogen-bond acceptors (Lipinski definition) is 4. The third kappa shape index (κ3) is 3.52. The number of carbonyl (C=O) groups excluding carboxylic acids is 1. The van der Waals surface area contributed by atoms with Gasteiger partial charge in [-0.2, -0.15) is 0 Å². The average molecular weight is 343 g/mol. The summed E-state index contributed by atoms with van der Waals surface area (Å²) in [5.74, 6) is 3.43. The maximum atomic E-state index is 12.6. The fourth-order valence-corrected chi connectivity index (χ4v) is 5.01. The molecule has 4 rings (SSSR count). The van der Waals surface area contributed by atoms with Gasteiger partial charge in [-0.1, -0.05) is 6.42 Å². The van der Waals surface area contributed by atoms with E-state index in [2.05, 4.69) is 23.2 Å². The summed E-state index contributed by atoms with van der Waals surface area (Å²) in [5, 5.41) is 3.15. The Labute approximate surface area is 150 Å². The second-order valence-electron chi connectivity index (χ2n) is 8.04. The molecule has 3 fully saturated rings. The van der Waals surface area contributed by atoms with Gasteiger partial charge in [0.15, 0.2) is 0 Å². The highest BCUT2D eigenvalue weighted by Gasteiger charge is 2.40. The van der Waals surface area contributed by atoms with E-state index < -0.39 is 0 Å². The molecule has 2 aliphatic carbocycles. The van der Waals surface area contributed by atoms with Gasteiger partial charge in [0.25, 0.3) is 0 Å². The van der Waals surface area contributed by atoms with Crippen LogP contribution in [-0.4, -0.2) is 37.2 Å². The molecular formula is C20H29N3O2. The molecule has 0 spiro atoms. The van der Waals surface area contributed by atoms with Crippen molar-refractivity contribution in [1.82, 2.24) is 4.98 Å². The van der Waals surface area contributed by atoms with Crippen molar-refractivity contribution < 1.29 is 9.53 Å². The Kier molecular flexibility index (Phi) is 4.67. The van der Waals surface area contributed by atoms with E-state index in [0.29, 0.717) is 12.3 Å². The summed E-state index contributed by atoms with van der Waals surface area (Å²) in [6.45, 7) is 7.31. The van der Waals surface area contributed by atoms with Crippen LogP contribution in [-0.2, 0) is 9.53 Å². The minimum absolute atomic E-state index is 0.157. The standard InChI is InChI=1S/C20H29N3O2/c1-13-9-18(23-5-7-25-8-6-23)21-14(2)20(13)22-19(24)12-17-11-15-3-4-16(17)10-15/h9,15-17H,3-8,10-12H2,1-2H3,(H,22,24). The largest absolute Gasteiger partial charge is 0.378 e. The molecule has 1 aliphatic heterocycles. The van der Waals surface area contributed by atoms with Crippen molar-refractivity contribution in [2.45, 2.75) is 46.0 Å². The Bertz CT molecular complexity index is 631. The zero-order valence-electron chi connectivity index (χ0n) is 15.4. The highest BCUT2D eigenvalue weighted by molar-refractivity contribution is 5.92. The number of fused-ring (bicyclic) bond motifs is 2. The van der Waals surface area contributed by atoms with Gasteiger partial charge in [-0.25, -0.2) is 4.98 Å². The summed E-state index contributed by atoms with van der Waals surface area (Å²) in [6.07, 6.45) is 5.99. The molecule has 25 heavy (non-hydrogen) atoms. The van der Waals surface area contributed by atoms with Gasteiger partial charge in [0.1, 0.15) is 5.82 Å². The van der Waals surface area contributed by atoms with Crippen LogP contribution in [0, 0.1) is 31.6 Å². The second kappa shape index (κ2) is 6.94. The third-order valence-electron chi connectivity index (χ3n) is 6.32. The van der Waals surface area contributed by atoms with Gasteiger partial charge >= 0.3 is 0 Å². The van der Waals surface area contributed by atoms with Gasteiger partial charge in [-0.05, 0) is 62.5 Å². The first-order valence-electron chi connectivity index (χ1n) is 9.71. The van der Waals surface area contributed by atoms with Crippen LogP contribution in [0.2, 0.25) is 0 Å². The predicted molar refractivity (Wildman–Crippen MR) is 98.9 cm³/mol. The molecule has 1 saturated heterocycles. The van der Waals surface area contributed by atoms with Crippen LogP contribution in [0.1, 0.15) is 43.4 Å². The summed E-state index contributed by atoms with van der Waals surface area (Å²) in [6, 6.07) is 2.09. The van der Waals surface area contributed by atoms with E-state index in [0.717, 1.165) is 60.9 Å². The van der Waals surface area contributed by atoms with Gasteiger partial charge in [0, 0.05) is 19.5 Å². The summed E-state index contributed by atoms with van der Waals surface area (Å²) in [5.41, 5.74) is 2.89. The Hall–Kier alpha value is -1.62. The molecule has 1 aromatic heterocycles. The quantitative estimate of drug-likeness (QED) is 0.911. The minimum atomic E-state index is 0.157. The first kappa shape index (κ1) is 16.8. The molecule has 2 heterocycles. The first-order valence-corrected chi connectivity index (χ1v) is 9.71. The van der Waals surface area contributed by atoms with Crippen molar-refractivity contribution in [3.8, 4) is 0 Å². The van der Waals surface area contributed by atoms with Crippen molar-refractivity contribution in [3.63, 3.8) is 0 Å². The highest BCUT2D eigenvalue weighted by atomic mass is 16.5. The summed E-state index contributed by atoms with van der Waals surface area (Å²) in [4.78, 5) is 19.6. The molecule has 2 saturated carbocycles. The molecule has 0 aromatic carbocycles. The molecule has 5 nitrogen and oxygen atoms in total. The number of pyridine rings is 1. The Morgan fingerprint density at radius 2 is 2.08 bits per heavy atom. The number of nitrogens with one attached hydrogen (secondary N) is 1. The molecule has 1 amide bonds.